The number of rotatable bonds is 3. The van der Waals surface area contributed by atoms with Gasteiger partial charge in [0, 0.05) is 46.7 Å². The number of aromatic nitrogens is 4. The standard InChI is InChI=1S/C19H19N5OS/c1-23-6-5-15(23)17(25)16-8-11-3-4-14(21-19(11)26-16)12-7-13-10-24(2)22-18(13)20-9-12/h3-4,7-10,15,17,25H,5-6H2,1-2H3. The second kappa shape index (κ2) is 5.84. The highest BCUT2D eigenvalue weighted by molar-refractivity contribution is 7.18. The van der Waals surface area contributed by atoms with Crippen LogP contribution >= 0.6 is 11.3 Å². The molecule has 1 fully saturated rings. The molecule has 4 aromatic heterocycles. The first-order valence-corrected chi connectivity index (χ1v) is 9.49. The molecule has 1 saturated heterocycles. The highest BCUT2D eigenvalue weighted by atomic mass is 32.1. The zero-order valence-corrected chi connectivity index (χ0v) is 15.4. The van der Waals surface area contributed by atoms with E-state index in [1.165, 1.54) is 0 Å². The Morgan fingerprint density at radius 1 is 1.23 bits per heavy atom. The molecule has 0 radical (unpaired) electrons. The molecule has 132 valence electrons. The molecule has 0 saturated carbocycles. The number of hydrogen-bond donors (Lipinski definition) is 1. The van der Waals surface area contributed by atoms with Crippen LogP contribution in [0.15, 0.2) is 36.7 Å². The smallest absolute Gasteiger partial charge is 0.181 e. The largest absolute Gasteiger partial charge is 0.386 e. The summed E-state index contributed by atoms with van der Waals surface area (Å²) in [6.45, 7) is 1.05. The Hall–Kier alpha value is -2.35. The zero-order valence-electron chi connectivity index (χ0n) is 14.6. The molecular formula is C19H19N5OS. The van der Waals surface area contributed by atoms with Crippen molar-refractivity contribution in [3.05, 3.63) is 41.5 Å². The van der Waals surface area contributed by atoms with E-state index in [2.05, 4.69) is 40.2 Å². The maximum atomic E-state index is 10.6. The third-order valence-electron chi connectivity index (χ3n) is 5.17. The molecule has 7 heteroatoms. The van der Waals surface area contributed by atoms with Crippen molar-refractivity contribution < 1.29 is 5.11 Å². The molecule has 0 bridgehead atoms. The lowest BCUT2D eigenvalue weighted by Crippen LogP contribution is -2.48. The fraction of sp³-hybridized carbons (Fsp3) is 0.316. The van der Waals surface area contributed by atoms with Crippen molar-refractivity contribution in [2.75, 3.05) is 13.6 Å². The van der Waals surface area contributed by atoms with E-state index < -0.39 is 6.10 Å². The number of pyridine rings is 2. The van der Waals surface area contributed by atoms with Gasteiger partial charge in [-0.05, 0) is 44.3 Å². The zero-order chi connectivity index (χ0) is 17.8. The van der Waals surface area contributed by atoms with Crippen molar-refractivity contribution in [2.45, 2.75) is 18.6 Å². The lowest BCUT2D eigenvalue weighted by molar-refractivity contribution is 0.00367. The minimum atomic E-state index is -0.440. The topological polar surface area (TPSA) is 67.1 Å². The van der Waals surface area contributed by atoms with Gasteiger partial charge in [-0.25, -0.2) is 9.97 Å². The Morgan fingerprint density at radius 3 is 2.88 bits per heavy atom. The summed E-state index contributed by atoms with van der Waals surface area (Å²) in [5.41, 5.74) is 2.60. The van der Waals surface area contributed by atoms with Gasteiger partial charge in [0.15, 0.2) is 5.65 Å². The van der Waals surface area contributed by atoms with Crippen LogP contribution in [0.5, 0.6) is 0 Å². The van der Waals surface area contributed by atoms with Crippen LogP contribution in [-0.2, 0) is 7.05 Å². The van der Waals surface area contributed by atoms with E-state index in [0.29, 0.717) is 0 Å². The van der Waals surface area contributed by atoms with E-state index in [0.717, 1.165) is 50.4 Å². The molecule has 1 N–H and O–H groups in total. The Labute approximate surface area is 154 Å². The minimum Gasteiger partial charge on any atom is -0.386 e. The second-order valence-corrected chi connectivity index (χ2v) is 8.02. The van der Waals surface area contributed by atoms with Gasteiger partial charge in [-0.2, -0.15) is 5.10 Å². The molecule has 0 aromatic carbocycles. The maximum Gasteiger partial charge on any atom is 0.181 e. The van der Waals surface area contributed by atoms with E-state index in [1.54, 1.807) is 16.0 Å². The van der Waals surface area contributed by atoms with E-state index >= 15 is 0 Å². The first-order chi connectivity index (χ1) is 12.6. The molecule has 4 aromatic rings. The third-order valence-corrected chi connectivity index (χ3v) is 6.29. The number of fused-ring (bicyclic) bond motifs is 2. The van der Waals surface area contributed by atoms with Crippen LogP contribution in [-0.4, -0.2) is 49.4 Å². The van der Waals surface area contributed by atoms with Crippen LogP contribution < -0.4 is 0 Å². The summed E-state index contributed by atoms with van der Waals surface area (Å²) in [4.78, 5) is 13.4. The molecule has 5 heterocycles. The summed E-state index contributed by atoms with van der Waals surface area (Å²) in [5.74, 6) is 0. The van der Waals surface area contributed by atoms with Crippen molar-refractivity contribution >= 4 is 32.6 Å². The first kappa shape index (κ1) is 15.9. The number of aliphatic hydroxyl groups is 1. The van der Waals surface area contributed by atoms with Crippen LogP contribution in [0.1, 0.15) is 17.4 Å². The van der Waals surface area contributed by atoms with Gasteiger partial charge in [0.2, 0.25) is 0 Å². The molecule has 0 amide bonds. The Morgan fingerprint density at radius 2 is 2.12 bits per heavy atom. The highest BCUT2D eigenvalue weighted by Gasteiger charge is 2.32. The highest BCUT2D eigenvalue weighted by Crippen LogP contribution is 2.36. The fourth-order valence-electron chi connectivity index (χ4n) is 3.54. The van der Waals surface area contributed by atoms with Crippen LogP contribution in [0, 0.1) is 0 Å². The second-order valence-electron chi connectivity index (χ2n) is 6.96. The molecule has 26 heavy (non-hydrogen) atoms. The molecule has 2 unspecified atom stereocenters. The number of thiophene rings is 1. The summed E-state index contributed by atoms with van der Waals surface area (Å²) < 4.78 is 1.77. The molecule has 1 aliphatic heterocycles. The van der Waals surface area contributed by atoms with Gasteiger partial charge in [0.1, 0.15) is 10.9 Å². The normalized spacial score (nSPS) is 19.1. The predicted molar refractivity (Wildman–Crippen MR) is 103 cm³/mol. The lowest BCUT2D eigenvalue weighted by atomic mass is 9.97. The number of aliphatic hydroxyl groups excluding tert-OH is 1. The quantitative estimate of drug-likeness (QED) is 0.605. The van der Waals surface area contributed by atoms with Gasteiger partial charge < -0.3 is 10.0 Å². The lowest BCUT2D eigenvalue weighted by Gasteiger charge is -2.40. The van der Waals surface area contributed by atoms with Gasteiger partial charge >= 0.3 is 0 Å². The first-order valence-electron chi connectivity index (χ1n) is 8.67. The third kappa shape index (κ3) is 2.51. The van der Waals surface area contributed by atoms with E-state index in [1.807, 2.05) is 25.5 Å². The molecule has 6 nitrogen and oxygen atoms in total. The van der Waals surface area contributed by atoms with Crippen LogP contribution in [0.3, 0.4) is 0 Å². The average Bonchev–Trinajstić information content (AvgIpc) is 3.21. The van der Waals surface area contributed by atoms with Crippen molar-refractivity contribution in [3.8, 4) is 11.3 Å². The number of hydrogen-bond acceptors (Lipinski definition) is 6. The summed E-state index contributed by atoms with van der Waals surface area (Å²) in [5, 5.41) is 17.0. The van der Waals surface area contributed by atoms with Gasteiger partial charge in [-0.1, -0.05) is 0 Å². The molecule has 0 aliphatic carbocycles. The van der Waals surface area contributed by atoms with Crippen molar-refractivity contribution in [3.63, 3.8) is 0 Å². The summed E-state index contributed by atoms with van der Waals surface area (Å²) in [6, 6.07) is 8.44. The van der Waals surface area contributed by atoms with E-state index in [4.69, 9.17) is 4.98 Å². The minimum absolute atomic E-state index is 0.222. The van der Waals surface area contributed by atoms with Gasteiger partial charge in [0.25, 0.3) is 0 Å². The summed E-state index contributed by atoms with van der Waals surface area (Å²) in [6.07, 6.45) is 4.38. The fourth-order valence-corrected chi connectivity index (χ4v) is 4.62. The number of nitrogens with zero attached hydrogens (tertiary/aromatic N) is 5. The molecular weight excluding hydrogens is 346 g/mol. The Balaban J connectivity index is 1.52. The average molecular weight is 365 g/mol. The van der Waals surface area contributed by atoms with Crippen LogP contribution in [0.25, 0.3) is 32.5 Å². The summed E-state index contributed by atoms with van der Waals surface area (Å²) in [7, 11) is 3.95. The van der Waals surface area contributed by atoms with Crippen molar-refractivity contribution in [2.24, 2.45) is 7.05 Å². The molecule has 2 atom stereocenters. The van der Waals surface area contributed by atoms with Crippen LogP contribution in [0.4, 0.5) is 0 Å². The molecule has 1 aliphatic rings. The van der Waals surface area contributed by atoms with Crippen molar-refractivity contribution in [1.29, 1.82) is 0 Å². The van der Waals surface area contributed by atoms with Gasteiger partial charge in [-0.3, -0.25) is 4.68 Å². The maximum absolute atomic E-state index is 10.6. The number of likely N-dealkylation sites (N-methyl/N-ethyl adjacent to an activating group) is 1. The van der Waals surface area contributed by atoms with E-state index in [9.17, 15) is 5.11 Å². The number of likely N-dealkylation sites (tertiary alicyclic amines) is 1. The van der Waals surface area contributed by atoms with Crippen molar-refractivity contribution in [1.82, 2.24) is 24.6 Å². The molecule has 5 rings (SSSR count). The Kier molecular flexibility index (Phi) is 3.56. The van der Waals surface area contributed by atoms with Gasteiger partial charge in [-0.15, -0.1) is 11.3 Å². The predicted octanol–water partition coefficient (Wildman–Crippen LogP) is 2.98. The Bertz CT molecular complexity index is 1120. The van der Waals surface area contributed by atoms with Crippen LogP contribution in [0.2, 0.25) is 0 Å². The monoisotopic (exact) mass is 365 g/mol. The van der Waals surface area contributed by atoms with Gasteiger partial charge in [0.05, 0.1) is 5.69 Å². The SMILES string of the molecule is CN1CCC1C(O)c1cc2ccc(-c3cnc4nn(C)cc4c3)nc2s1. The summed E-state index contributed by atoms with van der Waals surface area (Å²) >= 11 is 1.58. The number of aryl methyl sites for hydroxylation is 1. The molecule has 0 spiro atoms. The van der Waals surface area contributed by atoms with E-state index in [-0.39, 0.29) is 6.04 Å².